The van der Waals surface area contributed by atoms with E-state index in [0.717, 1.165) is 10.6 Å². The summed E-state index contributed by atoms with van der Waals surface area (Å²) < 4.78 is 26.8. The molecule has 2 N–H and O–H groups in total. The molecule has 1 aliphatic rings. The molecule has 0 radical (unpaired) electrons. The summed E-state index contributed by atoms with van der Waals surface area (Å²) in [7, 11) is 3.71. The molecule has 1 saturated heterocycles. The van der Waals surface area contributed by atoms with E-state index in [4.69, 9.17) is 9.47 Å². The first-order chi connectivity index (χ1) is 10.8. The summed E-state index contributed by atoms with van der Waals surface area (Å²) in [4.78, 5) is 26.9. The van der Waals surface area contributed by atoms with E-state index < -0.39 is 42.0 Å². The van der Waals surface area contributed by atoms with Crippen LogP contribution in [0.5, 0.6) is 0 Å². The molecule has 4 atom stereocenters. The lowest BCUT2D eigenvalue weighted by Gasteiger charge is -2.31. The summed E-state index contributed by atoms with van der Waals surface area (Å²) in [5, 5.41) is 9.67. The highest BCUT2D eigenvalue weighted by atomic mass is 19.1. The summed E-state index contributed by atoms with van der Waals surface area (Å²) in [6.07, 6.45) is -1.69. The number of likely N-dealkylation sites (N-methyl/N-ethyl adjacent to an activating group) is 1. The minimum Gasteiger partial charge on any atom is -0.391 e. The van der Waals surface area contributed by atoms with Gasteiger partial charge < -0.3 is 19.5 Å². The Morgan fingerprint density at radius 2 is 2.22 bits per heavy atom. The third kappa shape index (κ3) is 3.52. The fourth-order valence-corrected chi connectivity index (χ4v) is 2.50. The maximum absolute atomic E-state index is 14.6. The van der Waals surface area contributed by atoms with E-state index in [1.165, 1.54) is 6.20 Å². The van der Waals surface area contributed by atoms with Crippen LogP contribution in [0.25, 0.3) is 0 Å². The smallest absolute Gasteiger partial charge is 0.330 e. The lowest BCUT2D eigenvalue weighted by Crippen LogP contribution is -2.44. The fraction of sp³-hybridized carbons (Fsp3) is 0.714. The predicted octanol–water partition coefficient (Wildman–Crippen LogP) is -0.694. The van der Waals surface area contributed by atoms with Crippen molar-refractivity contribution in [3.8, 4) is 0 Å². The molecule has 1 aromatic heterocycles. The molecule has 1 aromatic rings. The largest absolute Gasteiger partial charge is 0.391 e. The molecule has 0 spiro atoms. The number of H-pyrrole nitrogens is 1. The van der Waals surface area contributed by atoms with Crippen LogP contribution < -0.4 is 11.2 Å². The Balaban J connectivity index is 2.24. The topological polar surface area (TPSA) is 96.8 Å². The Morgan fingerprint density at radius 1 is 1.52 bits per heavy atom. The van der Waals surface area contributed by atoms with Crippen LogP contribution in [-0.4, -0.2) is 65.4 Å². The number of hydrogen-bond acceptors (Lipinski definition) is 6. The number of halogens is 1. The van der Waals surface area contributed by atoms with Crippen LogP contribution in [0.15, 0.2) is 21.9 Å². The fourth-order valence-electron chi connectivity index (χ4n) is 2.50. The standard InChI is InChI=1S/C14H22FN3O5/c1-9-11(15)12(18-5-4-10(20)16-13(18)21)23-14(9,8-19)22-7-6-17(2)3/h4-5,9,11-12,19H,6-8H2,1-3H3,(H,16,20,21)/t9-,11-,12+,14+/m0/s1. The number of aromatic amines is 1. The molecule has 0 aromatic carbocycles. The Hall–Kier alpha value is -1.55. The van der Waals surface area contributed by atoms with Crippen molar-refractivity contribution in [3.63, 3.8) is 0 Å². The molecule has 0 saturated carbocycles. The second-order valence-corrected chi connectivity index (χ2v) is 5.88. The first kappa shape index (κ1) is 17.8. The number of aromatic nitrogens is 2. The third-order valence-corrected chi connectivity index (χ3v) is 3.99. The monoisotopic (exact) mass is 331 g/mol. The van der Waals surface area contributed by atoms with Crippen LogP contribution in [0.1, 0.15) is 13.2 Å². The lowest BCUT2D eigenvalue weighted by atomic mass is 9.98. The van der Waals surface area contributed by atoms with E-state index in [1.54, 1.807) is 6.92 Å². The maximum atomic E-state index is 14.6. The van der Waals surface area contributed by atoms with Crippen LogP contribution in [-0.2, 0) is 9.47 Å². The molecule has 23 heavy (non-hydrogen) atoms. The number of nitrogens with zero attached hydrogens (tertiary/aromatic N) is 2. The van der Waals surface area contributed by atoms with Gasteiger partial charge in [0.25, 0.3) is 5.56 Å². The normalized spacial score (nSPS) is 31.0. The molecule has 8 nitrogen and oxygen atoms in total. The van der Waals surface area contributed by atoms with E-state index in [2.05, 4.69) is 0 Å². The van der Waals surface area contributed by atoms with Gasteiger partial charge in [0.05, 0.1) is 13.2 Å². The zero-order chi connectivity index (χ0) is 17.2. The quantitative estimate of drug-likeness (QED) is 0.716. The Labute approximate surface area is 132 Å². The van der Waals surface area contributed by atoms with E-state index >= 15 is 0 Å². The van der Waals surface area contributed by atoms with E-state index in [-0.39, 0.29) is 6.61 Å². The Bertz CT molecular complexity index is 646. The number of nitrogens with one attached hydrogen (secondary N) is 1. The zero-order valence-electron chi connectivity index (χ0n) is 13.4. The van der Waals surface area contributed by atoms with Crippen LogP contribution in [0.3, 0.4) is 0 Å². The molecule has 0 bridgehead atoms. The van der Waals surface area contributed by atoms with Crippen molar-refractivity contribution in [1.29, 1.82) is 0 Å². The predicted molar refractivity (Wildman–Crippen MR) is 79.8 cm³/mol. The molecular weight excluding hydrogens is 309 g/mol. The molecule has 1 aliphatic heterocycles. The van der Waals surface area contributed by atoms with Gasteiger partial charge in [-0.1, -0.05) is 6.92 Å². The Morgan fingerprint density at radius 3 is 2.78 bits per heavy atom. The van der Waals surface area contributed by atoms with Gasteiger partial charge in [0.1, 0.15) is 0 Å². The highest BCUT2D eigenvalue weighted by molar-refractivity contribution is 4.95. The minimum atomic E-state index is -1.58. The lowest BCUT2D eigenvalue weighted by molar-refractivity contribution is -0.270. The van der Waals surface area contributed by atoms with E-state index in [0.29, 0.717) is 6.54 Å². The van der Waals surface area contributed by atoms with Crippen LogP contribution in [0.2, 0.25) is 0 Å². The van der Waals surface area contributed by atoms with Gasteiger partial charge in [0, 0.05) is 24.7 Å². The molecule has 1 fully saturated rings. The second kappa shape index (κ2) is 6.91. The van der Waals surface area contributed by atoms with E-state index in [9.17, 15) is 19.1 Å². The van der Waals surface area contributed by atoms with Gasteiger partial charge >= 0.3 is 5.69 Å². The third-order valence-electron chi connectivity index (χ3n) is 3.99. The second-order valence-electron chi connectivity index (χ2n) is 5.88. The van der Waals surface area contributed by atoms with Gasteiger partial charge in [-0.2, -0.15) is 0 Å². The summed E-state index contributed by atoms with van der Waals surface area (Å²) in [6, 6.07) is 1.11. The summed E-state index contributed by atoms with van der Waals surface area (Å²) in [5.41, 5.74) is -1.36. The zero-order valence-corrected chi connectivity index (χ0v) is 13.4. The van der Waals surface area contributed by atoms with Crippen molar-refractivity contribution in [2.75, 3.05) is 33.9 Å². The van der Waals surface area contributed by atoms with Gasteiger partial charge in [-0.05, 0) is 14.1 Å². The van der Waals surface area contributed by atoms with Crippen molar-refractivity contribution >= 4 is 0 Å². The van der Waals surface area contributed by atoms with Gasteiger partial charge in [0.15, 0.2) is 18.2 Å². The van der Waals surface area contributed by atoms with Gasteiger partial charge in [-0.15, -0.1) is 0 Å². The number of hydrogen-bond donors (Lipinski definition) is 2. The molecule has 130 valence electrons. The average Bonchev–Trinajstić information content (AvgIpc) is 2.73. The van der Waals surface area contributed by atoms with Crippen molar-refractivity contribution < 1.29 is 19.0 Å². The van der Waals surface area contributed by atoms with Gasteiger partial charge in [0.2, 0.25) is 0 Å². The number of rotatable bonds is 6. The summed E-state index contributed by atoms with van der Waals surface area (Å²) >= 11 is 0. The molecule has 0 unspecified atom stereocenters. The van der Waals surface area contributed by atoms with Gasteiger partial charge in [-0.25, -0.2) is 9.18 Å². The summed E-state index contributed by atoms with van der Waals surface area (Å²) in [5.74, 6) is -2.33. The highest BCUT2D eigenvalue weighted by Gasteiger charge is 2.55. The van der Waals surface area contributed by atoms with Crippen molar-refractivity contribution in [2.45, 2.75) is 25.1 Å². The van der Waals surface area contributed by atoms with Crippen LogP contribution in [0, 0.1) is 5.92 Å². The number of aliphatic hydroxyl groups is 1. The first-order valence-electron chi connectivity index (χ1n) is 7.33. The Kier molecular flexibility index (Phi) is 5.35. The highest BCUT2D eigenvalue weighted by Crippen LogP contribution is 2.43. The molecule has 2 heterocycles. The van der Waals surface area contributed by atoms with Crippen molar-refractivity contribution in [3.05, 3.63) is 33.1 Å². The van der Waals surface area contributed by atoms with Crippen LogP contribution in [0.4, 0.5) is 4.39 Å². The minimum absolute atomic E-state index is 0.234. The molecule has 9 heteroatoms. The maximum Gasteiger partial charge on any atom is 0.330 e. The number of alkyl halides is 1. The van der Waals surface area contributed by atoms with Crippen LogP contribution >= 0.6 is 0 Å². The first-order valence-corrected chi connectivity index (χ1v) is 7.33. The SMILES string of the molecule is C[C@H]1[C@H](F)[C@H](n2ccc(=O)[nH]c2=O)O[C@@]1(CO)OCCN(C)C. The van der Waals surface area contributed by atoms with Crippen molar-refractivity contribution in [1.82, 2.24) is 14.5 Å². The number of aliphatic hydroxyl groups excluding tert-OH is 1. The summed E-state index contributed by atoms with van der Waals surface area (Å²) in [6.45, 7) is 1.81. The van der Waals surface area contributed by atoms with Gasteiger partial charge in [-0.3, -0.25) is 14.3 Å². The number of ether oxygens (including phenoxy) is 2. The van der Waals surface area contributed by atoms with E-state index in [1.807, 2.05) is 24.0 Å². The molecule has 0 aliphatic carbocycles. The molecule has 2 rings (SSSR count). The van der Waals surface area contributed by atoms with Crippen molar-refractivity contribution in [2.24, 2.45) is 5.92 Å². The molecule has 0 amide bonds. The average molecular weight is 331 g/mol. The molecular formula is C14H22FN3O5.